The lowest BCUT2D eigenvalue weighted by Crippen LogP contribution is -1.85. The number of nitrogen functional groups attached to an aromatic ring is 1. The van der Waals surface area contributed by atoms with Crippen LogP contribution in [0.5, 0.6) is 0 Å². The lowest BCUT2D eigenvalue weighted by atomic mass is 10.1. The van der Waals surface area contributed by atoms with Crippen molar-refractivity contribution < 1.29 is 8.81 Å². The molecule has 16 heavy (non-hydrogen) atoms. The third-order valence-electron chi connectivity index (χ3n) is 2.20. The Hall–Kier alpha value is -1.95. The van der Waals surface area contributed by atoms with Crippen LogP contribution in [0.25, 0.3) is 22.4 Å². The Morgan fingerprint density at radius 3 is 3.00 bits per heavy atom. The number of anilines is 1. The van der Waals surface area contributed by atoms with Crippen LogP contribution in [0.3, 0.4) is 0 Å². The van der Waals surface area contributed by atoms with Gasteiger partial charge < -0.3 is 10.2 Å². The molecule has 2 N–H and O–H groups in total. The number of hydrogen-bond acceptors (Lipinski definition) is 5. The monoisotopic (exact) mass is 235 g/mol. The van der Waals surface area contributed by atoms with Gasteiger partial charge >= 0.3 is 0 Å². The summed E-state index contributed by atoms with van der Waals surface area (Å²) in [6.07, 6.45) is 1.22. The maximum atomic E-state index is 13.6. The number of nitrogens with two attached hydrogens (primary N) is 1. The first-order valence-electron chi connectivity index (χ1n) is 4.48. The van der Waals surface area contributed by atoms with Gasteiger partial charge in [-0.3, -0.25) is 0 Å². The Labute approximate surface area is 93.5 Å². The molecule has 2 aromatic heterocycles. The quantitative estimate of drug-likeness (QED) is 0.704. The minimum Gasteiger partial charge on any atom is -0.440 e. The van der Waals surface area contributed by atoms with Crippen LogP contribution in [0.15, 0.2) is 28.3 Å². The summed E-state index contributed by atoms with van der Waals surface area (Å²) in [5, 5.41) is 2.23. The molecule has 80 valence electrons. The zero-order valence-electron chi connectivity index (χ0n) is 7.98. The number of halogens is 1. The fraction of sp³-hybridized carbons (Fsp3) is 0. The molecule has 3 rings (SSSR count). The van der Waals surface area contributed by atoms with E-state index in [1.165, 1.54) is 23.8 Å². The molecule has 0 aliphatic rings. The minimum absolute atomic E-state index is 0.159. The molecule has 4 nitrogen and oxygen atoms in total. The average Bonchev–Trinajstić information content (AvgIpc) is 2.85. The van der Waals surface area contributed by atoms with Crippen LogP contribution in [0.1, 0.15) is 0 Å². The van der Waals surface area contributed by atoms with E-state index in [9.17, 15) is 4.39 Å². The van der Waals surface area contributed by atoms with Crippen molar-refractivity contribution in [2.45, 2.75) is 0 Å². The average molecular weight is 235 g/mol. The molecule has 1 aromatic carbocycles. The van der Waals surface area contributed by atoms with Crippen LogP contribution in [-0.2, 0) is 0 Å². The van der Waals surface area contributed by atoms with E-state index in [2.05, 4.69) is 9.97 Å². The van der Waals surface area contributed by atoms with Gasteiger partial charge in [-0.05, 0) is 12.1 Å². The normalized spacial score (nSPS) is 11.1. The number of aromatic nitrogens is 2. The van der Waals surface area contributed by atoms with Crippen molar-refractivity contribution in [3.8, 4) is 11.3 Å². The highest BCUT2D eigenvalue weighted by atomic mass is 32.1. The van der Waals surface area contributed by atoms with E-state index in [1.807, 2.05) is 0 Å². The van der Waals surface area contributed by atoms with Crippen LogP contribution < -0.4 is 5.73 Å². The van der Waals surface area contributed by atoms with Crippen molar-refractivity contribution >= 4 is 27.6 Å². The molecule has 0 aliphatic carbocycles. The molecule has 0 atom stereocenters. The number of benzene rings is 1. The van der Waals surface area contributed by atoms with E-state index in [-0.39, 0.29) is 5.58 Å². The van der Waals surface area contributed by atoms with E-state index >= 15 is 0 Å². The highest BCUT2D eigenvalue weighted by Gasteiger charge is 2.10. The summed E-state index contributed by atoms with van der Waals surface area (Å²) in [6.45, 7) is 0. The van der Waals surface area contributed by atoms with Crippen molar-refractivity contribution in [1.82, 2.24) is 9.97 Å². The zero-order chi connectivity index (χ0) is 11.1. The van der Waals surface area contributed by atoms with E-state index in [4.69, 9.17) is 10.2 Å². The summed E-state index contributed by atoms with van der Waals surface area (Å²) in [6, 6.07) is 3.08. The number of hydrogen-bond donors (Lipinski definition) is 1. The minimum atomic E-state index is -0.448. The number of rotatable bonds is 1. The maximum Gasteiger partial charge on any atom is 0.190 e. The molecule has 0 saturated heterocycles. The molecule has 0 radical (unpaired) electrons. The maximum absolute atomic E-state index is 13.6. The Bertz CT molecular complexity index is 661. The summed E-state index contributed by atoms with van der Waals surface area (Å²) < 4.78 is 18.5. The van der Waals surface area contributed by atoms with Gasteiger partial charge in [0.25, 0.3) is 0 Å². The number of thiazole rings is 1. The summed E-state index contributed by atoms with van der Waals surface area (Å²) in [7, 11) is 0. The Kier molecular flexibility index (Phi) is 1.90. The van der Waals surface area contributed by atoms with Crippen LogP contribution in [0, 0.1) is 5.82 Å². The second-order valence-corrected chi connectivity index (χ2v) is 4.12. The fourth-order valence-electron chi connectivity index (χ4n) is 1.50. The molecule has 3 aromatic rings. The zero-order valence-corrected chi connectivity index (χ0v) is 8.79. The Morgan fingerprint density at radius 2 is 2.25 bits per heavy atom. The van der Waals surface area contributed by atoms with Crippen molar-refractivity contribution in [3.05, 3.63) is 29.7 Å². The molecule has 0 spiro atoms. The summed E-state index contributed by atoms with van der Waals surface area (Å²) in [5.74, 6) is -0.448. The first kappa shape index (κ1) is 9.29. The summed E-state index contributed by atoms with van der Waals surface area (Å²) in [5.41, 5.74) is 7.45. The number of nitrogens with zero attached hydrogens (tertiary/aromatic N) is 2. The predicted molar refractivity (Wildman–Crippen MR) is 59.5 cm³/mol. The van der Waals surface area contributed by atoms with Crippen LogP contribution in [0.4, 0.5) is 9.52 Å². The molecular weight excluding hydrogens is 229 g/mol. The second kappa shape index (κ2) is 3.28. The molecule has 0 saturated carbocycles. The smallest absolute Gasteiger partial charge is 0.190 e. The van der Waals surface area contributed by atoms with Gasteiger partial charge in [-0.15, -0.1) is 11.3 Å². The standard InChI is InChI=1S/C10H6FN3OS/c11-6-1-5(8-3-16-10(12)14-8)2-7-9(6)15-4-13-7/h1-4H,(H2,12,14). The Balaban J connectivity index is 2.24. The molecule has 0 bridgehead atoms. The molecule has 0 amide bonds. The van der Waals surface area contributed by atoms with E-state index < -0.39 is 5.82 Å². The Morgan fingerprint density at radius 1 is 1.38 bits per heavy atom. The molecular formula is C10H6FN3OS. The van der Waals surface area contributed by atoms with E-state index in [0.29, 0.717) is 21.9 Å². The predicted octanol–water partition coefficient (Wildman–Crippen LogP) is 2.67. The summed E-state index contributed by atoms with van der Waals surface area (Å²) in [4.78, 5) is 7.99. The molecule has 0 aliphatic heterocycles. The van der Waals surface area contributed by atoms with Crippen molar-refractivity contribution in [2.24, 2.45) is 0 Å². The van der Waals surface area contributed by atoms with E-state index in [0.717, 1.165) is 0 Å². The second-order valence-electron chi connectivity index (χ2n) is 3.23. The lowest BCUT2D eigenvalue weighted by Gasteiger charge is -1.97. The molecule has 2 heterocycles. The van der Waals surface area contributed by atoms with Crippen molar-refractivity contribution in [3.63, 3.8) is 0 Å². The van der Waals surface area contributed by atoms with Gasteiger partial charge in [0, 0.05) is 10.9 Å². The highest BCUT2D eigenvalue weighted by molar-refractivity contribution is 7.13. The number of oxazole rings is 1. The van der Waals surface area contributed by atoms with Gasteiger partial charge in [-0.25, -0.2) is 14.4 Å². The first-order chi connectivity index (χ1) is 7.74. The van der Waals surface area contributed by atoms with Gasteiger partial charge in [-0.2, -0.15) is 0 Å². The third-order valence-corrected chi connectivity index (χ3v) is 2.88. The van der Waals surface area contributed by atoms with Crippen LogP contribution in [0.2, 0.25) is 0 Å². The van der Waals surface area contributed by atoms with Gasteiger partial charge in [0.2, 0.25) is 0 Å². The van der Waals surface area contributed by atoms with Crippen molar-refractivity contribution in [2.75, 3.05) is 5.73 Å². The third kappa shape index (κ3) is 1.35. The van der Waals surface area contributed by atoms with Gasteiger partial charge in [-0.1, -0.05) is 0 Å². The van der Waals surface area contributed by atoms with Gasteiger partial charge in [0.15, 0.2) is 22.9 Å². The van der Waals surface area contributed by atoms with E-state index in [1.54, 1.807) is 11.4 Å². The SMILES string of the molecule is Nc1nc(-c2cc(F)c3ocnc3c2)cs1. The van der Waals surface area contributed by atoms with Crippen LogP contribution in [-0.4, -0.2) is 9.97 Å². The fourth-order valence-corrected chi connectivity index (χ4v) is 2.07. The highest BCUT2D eigenvalue weighted by Crippen LogP contribution is 2.27. The molecule has 6 heteroatoms. The van der Waals surface area contributed by atoms with Crippen LogP contribution >= 0.6 is 11.3 Å². The lowest BCUT2D eigenvalue weighted by molar-refractivity contribution is 0.554. The molecule has 0 fully saturated rings. The number of fused-ring (bicyclic) bond motifs is 1. The summed E-state index contributed by atoms with van der Waals surface area (Å²) >= 11 is 1.31. The molecule has 0 unspecified atom stereocenters. The largest absolute Gasteiger partial charge is 0.440 e. The van der Waals surface area contributed by atoms with Crippen molar-refractivity contribution in [1.29, 1.82) is 0 Å². The first-order valence-corrected chi connectivity index (χ1v) is 5.36. The van der Waals surface area contributed by atoms with Gasteiger partial charge in [0.1, 0.15) is 5.52 Å². The van der Waals surface area contributed by atoms with Gasteiger partial charge in [0.05, 0.1) is 5.69 Å². The topological polar surface area (TPSA) is 64.9 Å².